The predicted molar refractivity (Wildman–Crippen MR) is 117 cm³/mol. The number of benzene rings is 2. The van der Waals surface area contributed by atoms with Crippen LogP contribution in [-0.2, 0) is 4.79 Å². The van der Waals surface area contributed by atoms with E-state index >= 15 is 0 Å². The number of hydrogen-bond donors (Lipinski definition) is 1. The molecule has 0 radical (unpaired) electrons. The summed E-state index contributed by atoms with van der Waals surface area (Å²) >= 11 is 1.39. The lowest BCUT2D eigenvalue weighted by atomic mass is 9.96. The van der Waals surface area contributed by atoms with Gasteiger partial charge in [0.05, 0.1) is 5.25 Å². The highest BCUT2D eigenvalue weighted by Crippen LogP contribution is 2.34. The van der Waals surface area contributed by atoms with Crippen LogP contribution in [0.5, 0.6) is 0 Å². The van der Waals surface area contributed by atoms with Gasteiger partial charge in [0.1, 0.15) is 22.5 Å². The van der Waals surface area contributed by atoms with Gasteiger partial charge in [-0.25, -0.2) is 9.97 Å². The highest BCUT2D eigenvalue weighted by Gasteiger charge is 2.20. The lowest BCUT2D eigenvalue weighted by Gasteiger charge is -2.18. The number of thioether (sulfide) groups is 1. The first-order valence-electron chi connectivity index (χ1n) is 9.79. The van der Waals surface area contributed by atoms with E-state index in [1.54, 1.807) is 0 Å². The molecule has 0 spiro atoms. The van der Waals surface area contributed by atoms with Gasteiger partial charge < -0.3 is 9.73 Å². The number of nitrogens with one attached hydrogen (secondary N) is 1. The topological polar surface area (TPSA) is 68.0 Å². The molecule has 0 aliphatic rings. The lowest BCUT2D eigenvalue weighted by Crippen LogP contribution is -2.34. The number of amides is 1. The van der Waals surface area contributed by atoms with E-state index in [2.05, 4.69) is 34.3 Å². The van der Waals surface area contributed by atoms with Crippen LogP contribution in [0.15, 0.2) is 70.4 Å². The molecule has 4 aromatic rings. The van der Waals surface area contributed by atoms with Crippen LogP contribution in [0.1, 0.15) is 31.7 Å². The van der Waals surface area contributed by atoms with Crippen molar-refractivity contribution in [3.8, 4) is 0 Å². The fourth-order valence-corrected chi connectivity index (χ4v) is 4.28. The molecule has 29 heavy (non-hydrogen) atoms. The first-order valence-corrected chi connectivity index (χ1v) is 10.7. The van der Waals surface area contributed by atoms with Crippen molar-refractivity contribution < 1.29 is 9.21 Å². The van der Waals surface area contributed by atoms with Crippen LogP contribution in [0.3, 0.4) is 0 Å². The molecule has 1 amide bonds. The zero-order valence-corrected chi connectivity index (χ0v) is 17.3. The number of hydrogen-bond acceptors (Lipinski definition) is 5. The maximum atomic E-state index is 12.7. The van der Waals surface area contributed by atoms with Crippen LogP contribution in [0.25, 0.3) is 22.1 Å². The summed E-state index contributed by atoms with van der Waals surface area (Å²) in [7, 11) is 0. The molecule has 2 atom stereocenters. The van der Waals surface area contributed by atoms with Gasteiger partial charge in [-0.05, 0) is 31.0 Å². The van der Waals surface area contributed by atoms with E-state index in [0.29, 0.717) is 23.1 Å². The molecule has 2 heterocycles. The zero-order chi connectivity index (χ0) is 20.2. The molecule has 4 rings (SSSR count). The first kappa shape index (κ1) is 19.5. The average molecular weight is 406 g/mol. The van der Waals surface area contributed by atoms with Crippen LogP contribution < -0.4 is 5.32 Å². The Morgan fingerprint density at radius 2 is 1.86 bits per heavy atom. The molecular weight excluding hydrogens is 382 g/mol. The van der Waals surface area contributed by atoms with E-state index in [1.165, 1.54) is 23.7 Å². The van der Waals surface area contributed by atoms with Crippen molar-refractivity contribution in [1.29, 1.82) is 0 Å². The molecule has 6 heteroatoms. The molecule has 1 N–H and O–H groups in total. The second kappa shape index (κ2) is 8.66. The minimum Gasteiger partial charge on any atom is -0.451 e. The molecule has 0 saturated carbocycles. The third-order valence-corrected chi connectivity index (χ3v) is 6.15. The molecule has 0 aliphatic heterocycles. The molecule has 2 aromatic heterocycles. The van der Waals surface area contributed by atoms with Gasteiger partial charge in [0.15, 0.2) is 5.58 Å². The Morgan fingerprint density at radius 3 is 2.66 bits per heavy atom. The number of fused-ring (bicyclic) bond motifs is 3. The van der Waals surface area contributed by atoms with Crippen molar-refractivity contribution in [1.82, 2.24) is 15.3 Å². The molecule has 0 fully saturated rings. The summed E-state index contributed by atoms with van der Waals surface area (Å²) in [5.41, 5.74) is 3.43. The highest BCUT2D eigenvalue weighted by molar-refractivity contribution is 8.00. The number of para-hydroxylation sites is 1. The van der Waals surface area contributed by atoms with Crippen LogP contribution in [0.4, 0.5) is 0 Å². The minimum atomic E-state index is -0.297. The number of nitrogens with zero attached hydrogens (tertiary/aromatic N) is 2. The number of carbonyl (C=O) groups is 1. The normalized spacial score (nSPS) is 13.4. The summed E-state index contributed by atoms with van der Waals surface area (Å²) in [4.78, 5) is 21.4. The number of carbonyl (C=O) groups excluding carboxylic acids is 1. The van der Waals surface area contributed by atoms with Gasteiger partial charge in [0.25, 0.3) is 0 Å². The Morgan fingerprint density at radius 1 is 1.10 bits per heavy atom. The Labute approximate surface area is 173 Å². The number of aromatic nitrogens is 2. The molecule has 0 saturated heterocycles. The largest absolute Gasteiger partial charge is 0.451 e. The van der Waals surface area contributed by atoms with Crippen molar-refractivity contribution in [2.45, 2.75) is 36.5 Å². The van der Waals surface area contributed by atoms with Crippen molar-refractivity contribution in [3.63, 3.8) is 0 Å². The lowest BCUT2D eigenvalue weighted by molar-refractivity contribution is -0.120. The highest BCUT2D eigenvalue weighted by atomic mass is 32.2. The monoisotopic (exact) mass is 405 g/mol. The van der Waals surface area contributed by atoms with Crippen LogP contribution in [0, 0.1) is 0 Å². The Bertz CT molecular complexity index is 1130. The van der Waals surface area contributed by atoms with Crippen molar-refractivity contribution in [2.75, 3.05) is 6.54 Å². The fourth-order valence-electron chi connectivity index (χ4n) is 3.40. The second-order valence-corrected chi connectivity index (χ2v) is 8.31. The van der Waals surface area contributed by atoms with E-state index < -0.39 is 0 Å². The van der Waals surface area contributed by atoms with Crippen LogP contribution in [0.2, 0.25) is 0 Å². The second-order valence-electron chi connectivity index (χ2n) is 6.98. The van der Waals surface area contributed by atoms with Crippen LogP contribution >= 0.6 is 11.8 Å². The molecule has 148 valence electrons. The smallest absolute Gasteiger partial charge is 0.233 e. The molecule has 0 aliphatic carbocycles. The third-order valence-electron chi connectivity index (χ3n) is 5.07. The van der Waals surface area contributed by atoms with E-state index in [9.17, 15) is 4.79 Å². The predicted octanol–water partition coefficient (Wildman–Crippen LogP) is 5.17. The van der Waals surface area contributed by atoms with Crippen molar-refractivity contribution >= 4 is 39.7 Å². The molecule has 2 aromatic carbocycles. The Kier molecular flexibility index (Phi) is 5.81. The summed E-state index contributed by atoms with van der Waals surface area (Å²) in [5.74, 6) is 0.297. The quantitative estimate of drug-likeness (QED) is 0.339. The van der Waals surface area contributed by atoms with E-state index in [0.717, 1.165) is 22.9 Å². The summed E-state index contributed by atoms with van der Waals surface area (Å²) in [5, 5.41) is 4.44. The van der Waals surface area contributed by atoms with Gasteiger partial charge in [0, 0.05) is 17.8 Å². The summed E-state index contributed by atoms with van der Waals surface area (Å²) in [6.45, 7) is 4.65. The fraction of sp³-hybridized carbons (Fsp3) is 0.261. The summed E-state index contributed by atoms with van der Waals surface area (Å²) in [6, 6.07) is 18.1. The SMILES string of the molecule is CC[C@@H](CNC(=O)[C@@H](C)Sc1ncnc2c1oc1ccccc12)c1ccccc1. The molecular formula is C23H23N3O2S. The molecule has 5 nitrogen and oxygen atoms in total. The standard InChI is InChI=1S/C23H23N3O2S/c1-3-16(17-9-5-4-6-10-17)13-24-22(27)15(2)29-23-21-20(25-14-26-23)18-11-7-8-12-19(18)28-21/h4-12,14-16H,3,13H2,1-2H3,(H,24,27)/t15-,16+/m1/s1. The van der Waals surface area contributed by atoms with Gasteiger partial charge in [-0.1, -0.05) is 61.2 Å². The summed E-state index contributed by atoms with van der Waals surface area (Å²) in [6.07, 6.45) is 2.50. The summed E-state index contributed by atoms with van der Waals surface area (Å²) < 4.78 is 5.96. The van der Waals surface area contributed by atoms with E-state index in [1.807, 2.05) is 49.4 Å². The van der Waals surface area contributed by atoms with Gasteiger partial charge in [-0.15, -0.1) is 0 Å². The minimum absolute atomic E-state index is 0.00717. The van der Waals surface area contributed by atoms with Gasteiger partial charge in [-0.3, -0.25) is 4.79 Å². The van der Waals surface area contributed by atoms with E-state index in [-0.39, 0.29) is 11.2 Å². The number of furan rings is 1. The average Bonchev–Trinajstić information content (AvgIpc) is 3.14. The maximum Gasteiger partial charge on any atom is 0.233 e. The van der Waals surface area contributed by atoms with Gasteiger partial charge in [0.2, 0.25) is 5.91 Å². The molecule has 0 bridgehead atoms. The van der Waals surface area contributed by atoms with E-state index in [4.69, 9.17) is 4.42 Å². The number of rotatable bonds is 7. The van der Waals surface area contributed by atoms with Gasteiger partial charge in [-0.2, -0.15) is 0 Å². The van der Waals surface area contributed by atoms with Crippen LogP contribution in [-0.4, -0.2) is 27.7 Å². The Balaban J connectivity index is 1.46. The Hall–Kier alpha value is -2.86. The maximum absolute atomic E-state index is 12.7. The molecule has 0 unspecified atom stereocenters. The van der Waals surface area contributed by atoms with Gasteiger partial charge >= 0.3 is 0 Å². The zero-order valence-electron chi connectivity index (χ0n) is 16.5. The van der Waals surface area contributed by atoms with Crippen molar-refractivity contribution in [2.24, 2.45) is 0 Å². The third kappa shape index (κ3) is 4.12. The first-order chi connectivity index (χ1) is 14.2. The van der Waals surface area contributed by atoms with Crippen molar-refractivity contribution in [3.05, 3.63) is 66.5 Å².